The van der Waals surface area contributed by atoms with E-state index in [1.807, 2.05) is 20.8 Å². The van der Waals surface area contributed by atoms with Gasteiger partial charge in [-0.1, -0.05) is 22.0 Å². The van der Waals surface area contributed by atoms with Gasteiger partial charge in [-0.2, -0.15) is 0 Å². The van der Waals surface area contributed by atoms with E-state index in [-0.39, 0.29) is 29.8 Å². The van der Waals surface area contributed by atoms with Gasteiger partial charge in [0.25, 0.3) is 0 Å². The van der Waals surface area contributed by atoms with Crippen molar-refractivity contribution in [2.45, 2.75) is 61.7 Å². The average Bonchev–Trinajstić information content (AvgIpc) is 3.20. The Morgan fingerprint density at radius 3 is 2.62 bits per heavy atom. The molecule has 0 saturated carbocycles. The van der Waals surface area contributed by atoms with Crippen LogP contribution < -0.4 is 0 Å². The molecule has 0 aromatic rings. The lowest BCUT2D eigenvalue weighted by Gasteiger charge is -2.42. The first-order chi connectivity index (χ1) is 13.5. The van der Waals surface area contributed by atoms with Crippen molar-refractivity contribution in [1.29, 1.82) is 0 Å². The van der Waals surface area contributed by atoms with Crippen molar-refractivity contribution in [3.8, 4) is 0 Å². The highest BCUT2D eigenvalue weighted by Crippen LogP contribution is 2.60. The zero-order chi connectivity index (χ0) is 21.7. The molecule has 162 valence electrons. The van der Waals surface area contributed by atoms with Crippen LogP contribution in [0, 0.1) is 11.8 Å². The lowest BCUT2D eigenvalue weighted by atomic mass is 9.70. The lowest BCUT2D eigenvalue weighted by Crippen LogP contribution is -2.60. The number of carboxylic acid groups (broad SMARTS) is 1. The summed E-state index contributed by atoms with van der Waals surface area (Å²) >= 11 is 3.51. The Balaban J connectivity index is 2.09. The quantitative estimate of drug-likeness (QED) is 0.422. The zero-order valence-electron chi connectivity index (χ0n) is 17.0. The third-order valence-corrected chi connectivity index (χ3v) is 7.10. The number of hydrogen-bond acceptors (Lipinski definition) is 5. The van der Waals surface area contributed by atoms with E-state index in [4.69, 9.17) is 4.74 Å². The highest BCUT2D eigenvalue weighted by Gasteiger charge is 2.76. The Kier molecular flexibility index (Phi) is 5.88. The van der Waals surface area contributed by atoms with E-state index in [1.165, 1.54) is 4.90 Å². The fourth-order valence-corrected chi connectivity index (χ4v) is 6.09. The Hall–Kier alpha value is -1.45. The van der Waals surface area contributed by atoms with Gasteiger partial charge in [0.05, 0.1) is 17.9 Å². The number of halogens is 1. The van der Waals surface area contributed by atoms with E-state index < -0.39 is 41.1 Å². The molecule has 0 radical (unpaired) electrons. The van der Waals surface area contributed by atoms with Crippen LogP contribution in [0.5, 0.6) is 0 Å². The van der Waals surface area contributed by atoms with E-state index in [0.29, 0.717) is 19.4 Å². The Morgan fingerprint density at radius 2 is 2.10 bits per heavy atom. The van der Waals surface area contributed by atoms with Crippen molar-refractivity contribution >= 4 is 33.7 Å². The maximum atomic E-state index is 13.8. The molecular formula is C20H29BrN2O6. The SMILES string of the molecule is C=CCN(C(=O)C1N(CCCO)C(=O)[C@@H]2[C@H](C(=O)O)[C@H]3OC12CC3Br)C(C)(C)C. The van der Waals surface area contributed by atoms with E-state index in [2.05, 4.69) is 22.5 Å². The van der Waals surface area contributed by atoms with Gasteiger partial charge in [0.1, 0.15) is 11.6 Å². The van der Waals surface area contributed by atoms with Crippen molar-refractivity contribution in [3.05, 3.63) is 12.7 Å². The second kappa shape index (κ2) is 7.67. The summed E-state index contributed by atoms with van der Waals surface area (Å²) in [4.78, 5) is 42.0. The molecule has 3 fully saturated rings. The standard InChI is InChI=1S/C20H29BrN2O6/c1-5-7-23(19(2,3)4)17(26)15-20-10-11(21)14(29-20)12(18(27)28)13(20)16(25)22(15)8-6-9-24/h5,11-15,24H,1,6-10H2,2-4H3,(H,27,28)/t11?,12-,13-,14-,15?,20?/m0/s1. The summed E-state index contributed by atoms with van der Waals surface area (Å²) < 4.78 is 6.20. The number of alkyl halides is 1. The third-order valence-electron chi connectivity index (χ3n) is 6.25. The monoisotopic (exact) mass is 472 g/mol. The number of amides is 2. The summed E-state index contributed by atoms with van der Waals surface area (Å²) in [6, 6.07) is -0.930. The van der Waals surface area contributed by atoms with Crippen LogP contribution in [-0.2, 0) is 19.1 Å². The predicted octanol–water partition coefficient (Wildman–Crippen LogP) is 1.01. The van der Waals surface area contributed by atoms with E-state index >= 15 is 0 Å². The number of rotatable bonds is 7. The molecule has 3 aliphatic rings. The van der Waals surface area contributed by atoms with Crippen LogP contribution in [0.15, 0.2) is 12.7 Å². The number of aliphatic hydroxyl groups excluding tert-OH is 1. The Bertz CT molecular complexity index is 722. The summed E-state index contributed by atoms with van der Waals surface area (Å²) in [5, 5.41) is 19.1. The van der Waals surface area contributed by atoms with Gasteiger partial charge in [-0.25, -0.2) is 0 Å². The number of hydrogen-bond donors (Lipinski definition) is 2. The molecule has 1 spiro atoms. The summed E-state index contributed by atoms with van der Waals surface area (Å²) in [7, 11) is 0. The smallest absolute Gasteiger partial charge is 0.310 e. The molecule has 0 aliphatic carbocycles. The fourth-order valence-electron chi connectivity index (χ4n) is 5.14. The van der Waals surface area contributed by atoms with Crippen molar-refractivity contribution < 1.29 is 29.3 Å². The number of nitrogens with zero attached hydrogens (tertiary/aromatic N) is 2. The maximum absolute atomic E-state index is 13.8. The first-order valence-electron chi connectivity index (χ1n) is 9.89. The molecule has 3 unspecified atom stereocenters. The van der Waals surface area contributed by atoms with Gasteiger partial charge in [-0.3, -0.25) is 14.4 Å². The normalized spacial score (nSPS) is 35.7. The molecular weight excluding hydrogens is 444 g/mol. The number of carbonyl (C=O) groups excluding carboxylic acids is 2. The van der Waals surface area contributed by atoms with Crippen molar-refractivity contribution in [2.24, 2.45) is 11.8 Å². The van der Waals surface area contributed by atoms with Crippen LogP contribution in [0.25, 0.3) is 0 Å². The van der Waals surface area contributed by atoms with Gasteiger partial charge in [0, 0.05) is 30.1 Å². The highest BCUT2D eigenvalue weighted by atomic mass is 79.9. The molecule has 9 heteroatoms. The second-order valence-electron chi connectivity index (χ2n) is 9.02. The summed E-state index contributed by atoms with van der Waals surface area (Å²) in [6.07, 6.45) is 1.66. The van der Waals surface area contributed by atoms with Crippen molar-refractivity contribution in [1.82, 2.24) is 9.80 Å². The van der Waals surface area contributed by atoms with Crippen LogP contribution >= 0.6 is 15.9 Å². The van der Waals surface area contributed by atoms with Crippen LogP contribution in [0.3, 0.4) is 0 Å². The lowest BCUT2D eigenvalue weighted by molar-refractivity contribution is -0.152. The molecule has 3 saturated heterocycles. The van der Waals surface area contributed by atoms with Crippen LogP contribution in [0.1, 0.15) is 33.6 Å². The molecule has 0 aromatic carbocycles. The number of likely N-dealkylation sites (tertiary alicyclic amines) is 1. The van der Waals surface area contributed by atoms with Gasteiger partial charge in [-0.15, -0.1) is 6.58 Å². The Morgan fingerprint density at radius 1 is 1.45 bits per heavy atom. The second-order valence-corrected chi connectivity index (χ2v) is 10.2. The fraction of sp³-hybridized carbons (Fsp3) is 0.750. The highest BCUT2D eigenvalue weighted by molar-refractivity contribution is 9.09. The molecule has 6 atom stereocenters. The molecule has 8 nitrogen and oxygen atoms in total. The number of carboxylic acids is 1. The first-order valence-corrected chi connectivity index (χ1v) is 10.8. The molecule has 3 rings (SSSR count). The minimum absolute atomic E-state index is 0.134. The van der Waals surface area contributed by atoms with E-state index in [1.54, 1.807) is 11.0 Å². The summed E-state index contributed by atoms with van der Waals surface area (Å²) in [5.74, 6) is -3.65. The number of aliphatic carboxylic acids is 1. The van der Waals surface area contributed by atoms with Crippen LogP contribution in [0.2, 0.25) is 0 Å². The predicted molar refractivity (Wildman–Crippen MR) is 108 cm³/mol. The summed E-state index contributed by atoms with van der Waals surface area (Å²) in [6.45, 7) is 9.78. The van der Waals surface area contributed by atoms with Crippen LogP contribution in [0.4, 0.5) is 0 Å². The largest absolute Gasteiger partial charge is 0.481 e. The van der Waals surface area contributed by atoms with Gasteiger partial charge in [-0.05, 0) is 33.6 Å². The van der Waals surface area contributed by atoms with E-state index in [9.17, 15) is 24.6 Å². The van der Waals surface area contributed by atoms with Crippen LogP contribution in [-0.4, -0.2) is 85.6 Å². The minimum atomic E-state index is -1.18. The van der Waals surface area contributed by atoms with E-state index in [0.717, 1.165) is 0 Å². The van der Waals surface area contributed by atoms with Gasteiger partial charge in [0.2, 0.25) is 11.8 Å². The molecule has 3 heterocycles. The van der Waals surface area contributed by atoms with Crippen molar-refractivity contribution in [2.75, 3.05) is 19.7 Å². The first kappa shape index (κ1) is 22.2. The minimum Gasteiger partial charge on any atom is -0.481 e. The van der Waals surface area contributed by atoms with Gasteiger partial charge >= 0.3 is 5.97 Å². The molecule has 0 aromatic heterocycles. The Labute approximate surface area is 179 Å². The third kappa shape index (κ3) is 3.31. The molecule has 2 N–H and O–H groups in total. The average molecular weight is 473 g/mol. The molecule has 3 aliphatic heterocycles. The number of aliphatic hydroxyl groups is 1. The maximum Gasteiger partial charge on any atom is 0.310 e. The molecule has 2 bridgehead atoms. The zero-order valence-corrected chi connectivity index (χ0v) is 18.6. The van der Waals surface area contributed by atoms with Gasteiger partial charge < -0.3 is 24.7 Å². The topological polar surface area (TPSA) is 107 Å². The number of carbonyl (C=O) groups is 3. The van der Waals surface area contributed by atoms with Gasteiger partial charge in [0.15, 0.2) is 0 Å². The number of ether oxygens (including phenoxy) is 1. The molecule has 2 amide bonds. The summed E-state index contributed by atoms with van der Waals surface area (Å²) in [5.41, 5.74) is -1.71. The molecule has 29 heavy (non-hydrogen) atoms. The van der Waals surface area contributed by atoms with Crippen molar-refractivity contribution in [3.63, 3.8) is 0 Å². The number of fused-ring (bicyclic) bond motifs is 1.